The topological polar surface area (TPSA) is 69.0 Å². The number of amides is 1. The summed E-state index contributed by atoms with van der Waals surface area (Å²) in [4.78, 5) is 12.1. The quantitative estimate of drug-likeness (QED) is 0.538. The number of carbonyl (C=O) groups is 1. The minimum atomic E-state index is -0.315. The van der Waals surface area contributed by atoms with Crippen molar-refractivity contribution in [2.24, 2.45) is 0 Å². The second-order valence-corrected chi connectivity index (χ2v) is 7.39. The second-order valence-electron chi connectivity index (χ2n) is 6.08. The van der Waals surface area contributed by atoms with E-state index in [-0.39, 0.29) is 23.6 Å². The Morgan fingerprint density at radius 1 is 1.46 bits per heavy atom. The first-order chi connectivity index (χ1) is 12.6. The third-order valence-electron chi connectivity index (χ3n) is 3.86. The number of ether oxygens (including phenoxy) is 1. The van der Waals surface area contributed by atoms with E-state index in [9.17, 15) is 9.18 Å². The lowest BCUT2D eigenvalue weighted by atomic mass is 10.3. The molecule has 0 radical (unpaired) electrons. The standard InChI is InChI=1S/C18H21FN4O2S/c1-3-10-23-16(11-25-15-8-4-13(19)5-9-15)21-22-18(23)26-12(2)17(24)20-14-6-7-14/h3-5,8-9,12,14H,1,6-7,10-11H2,2H3,(H,20,24)/t12-/m0/s1. The van der Waals surface area contributed by atoms with Crippen LogP contribution in [0.1, 0.15) is 25.6 Å². The van der Waals surface area contributed by atoms with Crippen molar-refractivity contribution in [3.63, 3.8) is 0 Å². The Kier molecular flexibility index (Phi) is 5.92. The van der Waals surface area contributed by atoms with Crippen molar-refractivity contribution < 1.29 is 13.9 Å². The number of hydrogen-bond donors (Lipinski definition) is 1. The molecule has 1 aliphatic rings. The summed E-state index contributed by atoms with van der Waals surface area (Å²) in [6, 6.07) is 6.12. The number of nitrogens with one attached hydrogen (secondary N) is 1. The van der Waals surface area contributed by atoms with Crippen LogP contribution < -0.4 is 10.1 Å². The number of carbonyl (C=O) groups excluding carboxylic acids is 1. The molecule has 1 saturated carbocycles. The maximum atomic E-state index is 13.0. The SMILES string of the molecule is C=CCn1c(COc2ccc(F)cc2)nnc1S[C@@H](C)C(=O)NC1CC1. The molecule has 1 heterocycles. The third kappa shape index (κ3) is 4.85. The highest BCUT2D eigenvalue weighted by Crippen LogP contribution is 2.25. The Labute approximate surface area is 155 Å². The van der Waals surface area contributed by atoms with Crippen LogP contribution in [0, 0.1) is 5.82 Å². The van der Waals surface area contributed by atoms with Crippen molar-refractivity contribution in [2.75, 3.05) is 0 Å². The lowest BCUT2D eigenvalue weighted by Gasteiger charge is -2.12. The van der Waals surface area contributed by atoms with Gasteiger partial charge in [-0.1, -0.05) is 17.8 Å². The molecule has 0 aliphatic heterocycles. The number of nitrogens with zero attached hydrogens (tertiary/aromatic N) is 3. The van der Waals surface area contributed by atoms with E-state index < -0.39 is 0 Å². The molecule has 1 aliphatic carbocycles. The first-order valence-corrected chi connectivity index (χ1v) is 9.33. The van der Waals surface area contributed by atoms with Crippen LogP contribution in [0.15, 0.2) is 42.1 Å². The van der Waals surface area contributed by atoms with Gasteiger partial charge in [-0.2, -0.15) is 0 Å². The zero-order valence-electron chi connectivity index (χ0n) is 14.5. The number of allylic oxidation sites excluding steroid dienone is 1. The molecule has 0 saturated heterocycles. The van der Waals surface area contributed by atoms with E-state index in [4.69, 9.17) is 4.74 Å². The minimum Gasteiger partial charge on any atom is -0.486 e. The maximum absolute atomic E-state index is 13.0. The van der Waals surface area contributed by atoms with Crippen molar-refractivity contribution >= 4 is 17.7 Å². The highest BCUT2D eigenvalue weighted by Gasteiger charge is 2.27. The highest BCUT2D eigenvalue weighted by atomic mass is 32.2. The van der Waals surface area contributed by atoms with Crippen molar-refractivity contribution in [2.45, 2.75) is 49.4 Å². The molecule has 8 heteroatoms. The molecule has 1 atom stereocenters. The van der Waals surface area contributed by atoms with E-state index >= 15 is 0 Å². The molecule has 1 fully saturated rings. The summed E-state index contributed by atoms with van der Waals surface area (Å²) in [5.74, 6) is 0.858. The van der Waals surface area contributed by atoms with Gasteiger partial charge in [-0.05, 0) is 44.0 Å². The molecule has 0 bridgehead atoms. The van der Waals surface area contributed by atoms with Crippen molar-refractivity contribution in [1.82, 2.24) is 20.1 Å². The molecule has 6 nitrogen and oxygen atoms in total. The van der Waals surface area contributed by atoms with Gasteiger partial charge in [0.05, 0.1) is 5.25 Å². The Morgan fingerprint density at radius 3 is 2.85 bits per heavy atom. The number of rotatable bonds is 9. The Bertz CT molecular complexity index is 774. The van der Waals surface area contributed by atoms with Crippen molar-refractivity contribution in [3.8, 4) is 5.75 Å². The summed E-state index contributed by atoms with van der Waals surface area (Å²) >= 11 is 1.36. The molecule has 1 aromatic heterocycles. The van der Waals surface area contributed by atoms with E-state index in [1.54, 1.807) is 18.2 Å². The van der Waals surface area contributed by atoms with Gasteiger partial charge >= 0.3 is 0 Å². The number of thioether (sulfide) groups is 1. The van der Waals surface area contributed by atoms with Crippen LogP contribution in [0.3, 0.4) is 0 Å². The fraction of sp³-hybridized carbons (Fsp3) is 0.389. The average molecular weight is 376 g/mol. The van der Waals surface area contributed by atoms with Crippen molar-refractivity contribution in [1.29, 1.82) is 0 Å². The van der Waals surface area contributed by atoms with E-state index in [2.05, 4.69) is 22.1 Å². The van der Waals surface area contributed by atoms with Crippen molar-refractivity contribution in [3.05, 3.63) is 48.6 Å². The molecular formula is C18H21FN4O2S. The first-order valence-electron chi connectivity index (χ1n) is 8.45. The summed E-state index contributed by atoms with van der Waals surface area (Å²) in [6.45, 7) is 6.31. The van der Waals surface area contributed by atoms with E-state index in [0.29, 0.717) is 29.3 Å². The van der Waals surface area contributed by atoms with Crippen LogP contribution in [-0.4, -0.2) is 32.0 Å². The summed E-state index contributed by atoms with van der Waals surface area (Å²) in [5, 5.41) is 11.7. The van der Waals surface area contributed by atoms with Gasteiger partial charge in [0.15, 0.2) is 11.0 Å². The lowest BCUT2D eigenvalue weighted by molar-refractivity contribution is -0.120. The van der Waals surface area contributed by atoms with E-state index in [1.807, 2.05) is 11.5 Å². The molecule has 1 amide bonds. The zero-order chi connectivity index (χ0) is 18.5. The molecule has 2 aromatic rings. The summed E-state index contributed by atoms with van der Waals surface area (Å²) < 4.78 is 20.5. The van der Waals surface area contributed by atoms with Gasteiger partial charge in [0.1, 0.15) is 18.2 Å². The highest BCUT2D eigenvalue weighted by molar-refractivity contribution is 8.00. The number of aromatic nitrogens is 3. The Balaban J connectivity index is 1.65. The zero-order valence-corrected chi connectivity index (χ0v) is 15.3. The van der Waals surface area contributed by atoms with Crippen LogP contribution in [0.25, 0.3) is 0 Å². The van der Waals surface area contributed by atoms with Gasteiger partial charge in [0.2, 0.25) is 5.91 Å². The number of hydrogen-bond acceptors (Lipinski definition) is 5. The molecule has 138 valence electrons. The Hall–Kier alpha value is -2.35. The van der Waals surface area contributed by atoms with Crippen LogP contribution >= 0.6 is 11.8 Å². The number of benzene rings is 1. The molecule has 1 N–H and O–H groups in total. The van der Waals surface area contributed by atoms with Gasteiger partial charge in [0.25, 0.3) is 0 Å². The monoisotopic (exact) mass is 376 g/mol. The lowest BCUT2D eigenvalue weighted by Crippen LogP contribution is -2.32. The fourth-order valence-electron chi connectivity index (χ4n) is 2.26. The predicted molar refractivity (Wildman–Crippen MR) is 97.4 cm³/mol. The predicted octanol–water partition coefficient (Wildman–Crippen LogP) is 2.94. The fourth-order valence-corrected chi connectivity index (χ4v) is 3.15. The van der Waals surface area contributed by atoms with Crippen LogP contribution in [0.5, 0.6) is 5.75 Å². The van der Waals surface area contributed by atoms with E-state index in [0.717, 1.165) is 12.8 Å². The molecule has 1 aromatic carbocycles. The molecule has 0 spiro atoms. The normalized spacial score (nSPS) is 14.7. The van der Waals surface area contributed by atoms with Crippen LogP contribution in [-0.2, 0) is 17.9 Å². The Morgan fingerprint density at radius 2 is 2.19 bits per heavy atom. The van der Waals surface area contributed by atoms with Gasteiger partial charge in [-0.3, -0.25) is 9.36 Å². The molecule has 0 unspecified atom stereocenters. The van der Waals surface area contributed by atoms with Crippen LogP contribution in [0.4, 0.5) is 4.39 Å². The van der Waals surface area contributed by atoms with Crippen LogP contribution in [0.2, 0.25) is 0 Å². The summed E-state index contributed by atoms with van der Waals surface area (Å²) in [7, 11) is 0. The third-order valence-corrected chi connectivity index (χ3v) is 4.94. The first kappa shape index (κ1) is 18.4. The second kappa shape index (κ2) is 8.35. The summed E-state index contributed by atoms with van der Waals surface area (Å²) in [5.41, 5.74) is 0. The molecular weight excluding hydrogens is 355 g/mol. The maximum Gasteiger partial charge on any atom is 0.233 e. The van der Waals surface area contributed by atoms with Gasteiger partial charge in [-0.25, -0.2) is 4.39 Å². The number of halogens is 1. The van der Waals surface area contributed by atoms with E-state index in [1.165, 1.54) is 23.9 Å². The van der Waals surface area contributed by atoms with Gasteiger partial charge < -0.3 is 10.1 Å². The van der Waals surface area contributed by atoms with Gasteiger partial charge in [0, 0.05) is 12.6 Å². The van der Waals surface area contributed by atoms with Gasteiger partial charge in [-0.15, -0.1) is 16.8 Å². The molecule has 3 rings (SSSR count). The smallest absolute Gasteiger partial charge is 0.233 e. The minimum absolute atomic E-state index is 0.00904. The molecule has 26 heavy (non-hydrogen) atoms. The average Bonchev–Trinajstić information content (AvgIpc) is 3.37. The summed E-state index contributed by atoms with van der Waals surface area (Å²) in [6.07, 6.45) is 3.85. The largest absolute Gasteiger partial charge is 0.486 e.